The topological polar surface area (TPSA) is 91.8 Å². The van der Waals surface area contributed by atoms with Crippen molar-refractivity contribution < 1.29 is 24.3 Å². The van der Waals surface area contributed by atoms with Crippen LogP contribution in [0.15, 0.2) is 12.1 Å². The Bertz CT molecular complexity index is 660. The summed E-state index contributed by atoms with van der Waals surface area (Å²) in [6, 6.07) is 1.42. The molecule has 0 aliphatic carbocycles. The van der Waals surface area contributed by atoms with E-state index in [9.17, 15) is 19.2 Å². The highest BCUT2D eigenvalue weighted by molar-refractivity contribution is 6.43. The number of hydrogen-bond acceptors (Lipinski definition) is 4. The number of carbonyl (C=O) groups excluding carboxylic acids is 3. The van der Waals surface area contributed by atoms with Gasteiger partial charge in [0, 0.05) is 6.42 Å². The summed E-state index contributed by atoms with van der Waals surface area (Å²) in [4.78, 5) is 47.9. The minimum absolute atomic E-state index is 0.0565. The van der Waals surface area contributed by atoms with Gasteiger partial charge in [0.2, 0.25) is 0 Å². The molecular weight excluding hydrogens is 333 g/mol. The summed E-state index contributed by atoms with van der Waals surface area (Å²) in [5.41, 5.74) is 0.113. The highest BCUT2D eigenvalue weighted by Crippen LogP contribution is 2.33. The lowest BCUT2D eigenvalue weighted by atomic mass is 10.1. The van der Waals surface area contributed by atoms with Crippen molar-refractivity contribution in [2.24, 2.45) is 0 Å². The first-order chi connectivity index (χ1) is 10.2. The number of rotatable bonds is 5. The smallest absolute Gasteiger partial charge is 0.303 e. The molecule has 0 saturated carbocycles. The summed E-state index contributed by atoms with van der Waals surface area (Å²) in [6.07, 6.45) is -0.475. The zero-order valence-electron chi connectivity index (χ0n) is 11.4. The molecule has 2 rings (SSSR count). The molecular formula is C14H11Cl2NO5. The number of nitrogens with zero attached hydrogens (tertiary/aromatic N) is 1. The van der Waals surface area contributed by atoms with Crippen molar-refractivity contribution in [1.82, 2.24) is 4.90 Å². The predicted molar refractivity (Wildman–Crippen MR) is 78.3 cm³/mol. The summed E-state index contributed by atoms with van der Waals surface area (Å²) in [5.74, 6) is -2.93. The lowest BCUT2D eigenvalue weighted by Gasteiger charge is -2.23. The van der Waals surface area contributed by atoms with E-state index in [-0.39, 0.29) is 34.0 Å². The SMILES string of the molecule is CC(=O)C(CCC(=O)O)N1C(=O)c2cc(Cl)c(Cl)cc2C1=O. The van der Waals surface area contributed by atoms with E-state index in [1.54, 1.807) is 0 Å². The molecule has 0 radical (unpaired) electrons. The van der Waals surface area contributed by atoms with E-state index in [1.807, 2.05) is 0 Å². The zero-order valence-corrected chi connectivity index (χ0v) is 12.9. The molecule has 0 saturated heterocycles. The second kappa shape index (κ2) is 6.06. The fourth-order valence-corrected chi connectivity index (χ4v) is 2.64. The number of carbonyl (C=O) groups is 4. The molecule has 8 heteroatoms. The summed E-state index contributed by atoms with van der Waals surface area (Å²) >= 11 is 11.7. The summed E-state index contributed by atoms with van der Waals surface area (Å²) in [5, 5.41) is 8.97. The highest BCUT2D eigenvalue weighted by atomic mass is 35.5. The van der Waals surface area contributed by atoms with Gasteiger partial charge in [-0.15, -0.1) is 0 Å². The maximum absolute atomic E-state index is 12.4. The van der Waals surface area contributed by atoms with Crippen molar-refractivity contribution in [2.75, 3.05) is 0 Å². The fraction of sp³-hybridized carbons (Fsp3) is 0.286. The van der Waals surface area contributed by atoms with Crippen LogP contribution >= 0.6 is 23.2 Å². The average Bonchev–Trinajstić information content (AvgIpc) is 2.64. The number of ketones is 1. The second-order valence-electron chi connectivity index (χ2n) is 4.85. The largest absolute Gasteiger partial charge is 0.481 e. The first-order valence-electron chi connectivity index (χ1n) is 6.33. The van der Waals surface area contributed by atoms with Crippen LogP contribution in [-0.2, 0) is 9.59 Å². The van der Waals surface area contributed by atoms with E-state index in [0.717, 1.165) is 4.90 Å². The lowest BCUT2D eigenvalue weighted by molar-refractivity contribution is -0.137. The minimum Gasteiger partial charge on any atom is -0.481 e. The van der Waals surface area contributed by atoms with Crippen LogP contribution in [0.3, 0.4) is 0 Å². The molecule has 0 spiro atoms. The normalized spacial score (nSPS) is 15.0. The van der Waals surface area contributed by atoms with Gasteiger partial charge in [0.25, 0.3) is 11.8 Å². The molecule has 1 heterocycles. The van der Waals surface area contributed by atoms with E-state index in [1.165, 1.54) is 19.1 Å². The Labute approximate surface area is 135 Å². The standard InChI is InChI=1S/C14H11Cl2NO5/c1-6(18)11(2-3-12(19)20)17-13(21)7-4-9(15)10(16)5-8(7)14(17)22/h4-5,11H,2-3H2,1H3,(H,19,20). The first-order valence-corrected chi connectivity index (χ1v) is 7.08. The number of carboxylic acids is 1. The molecule has 6 nitrogen and oxygen atoms in total. The van der Waals surface area contributed by atoms with Gasteiger partial charge in [0.15, 0.2) is 5.78 Å². The predicted octanol–water partition coefficient (Wildman–Crippen LogP) is 2.41. The molecule has 1 aromatic rings. The minimum atomic E-state index is -1.12. The highest BCUT2D eigenvalue weighted by Gasteiger charge is 2.42. The third-order valence-corrected chi connectivity index (χ3v) is 4.09. The molecule has 1 N–H and O–H groups in total. The monoisotopic (exact) mass is 343 g/mol. The quantitative estimate of drug-likeness (QED) is 0.828. The molecule has 0 aromatic heterocycles. The van der Waals surface area contributed by atoms with E-state index in [0.29, 0.717) is 0 Å². The van der Waals surface area contributed by atoms with E-state index in [2.05, 4.69) is 0 Å². The number of carboxylic acid groups (broad SMARTS) is 1. The van der Waals surface area contributed by atoms with Crippen molar-refractivity contribution in [3.63, 3.8) is 0 Å². The number of Topliss-reactive ketones (excluding diaryl/α,β-unsaturated/α-hetero) is 1. The molecule has 1 aliphatic heterocycles. The maximum atomic E-state index is 12.4. The van der Waals surface area contributed by atoms with Crippen LogP contribution in [0.4, 0.5) is 0 Å². The average molecular weight is 344 g/mol. The van der Waals surface area contributed by atoms with Crippen LogP contribution in [0, 0.1) is 0 Å². The van der Waals surface area contributed by atoms with E-state index < -0.39 is 29.6 Å². The Balaban J connectivity index is 2.40. The van der Waals surface area contributed by atoms with Gasteiger partial charge in [-0.05, 0) is 25.5 Å². The molecule has 0 fully saturated rings. The molecule has 1 unspecified atom stereocenters. The number of hydrogen-bond donors (Lipinski definition) is 1. The molecule has 2 amide bonds. The zero-order chi connectivity index (χ0) is 16.6. The van der Waals surface area contributed by atoms with Gasteiger partial charge in [-0.1, -0.05) is 23.2 Å². The number of imide groups is 1. The summed E-state index contributed by atoms with van der Waals surface area (Å²) < 4.78 is 0. The van der Waals surface area contributed by atoms with Crippen molar-refractivity contribution in [3.8, 4) is 0 Å². The lowest BCUT2D eigenvalue weighted by Crippen LogP contribution is -2.44. The van der Waals surface area contributed by atoms with Gasteiger partial charge < -0.3 is 5.11 Å². The van der Waals surface area contributed by atoms with Gasteiger partial charge >= 0.3 is 5.97 Å². The van der Waals surface area contributed by atoms with Crippen LogP contribution < -0.4 is 0 Å². The molecule has 1 atom stereocenters. The van der Waals surface area contributed by atoms with E-state index in [4.69, 9.17) is 28.3 Å². The van der Waals surface area contributed by atoms with Crippen molar-refractivity contribution >= 4 is 46.8 Å². The number of benzene rings is 1. The number of halogens is 2. The fourth-order valence-electron chi connectivity index (χ4n) is 2.31. The van der Waals surface area contributed by atoms with Gasteiger partial charge in [0.05, 0.1) is 27.2 Å². The number of fused-ring (bicyclic) bond motifs is 1. The van der Waals surface area contributed by atoms with Crippen molar-refractivity contribution in [3.05, 3.63) is 33.3 Å². The molecule has 0 bridgehead atoms. The Kier molecular flexibility index (Phi) is 4.53. The maximum Gasteiger partial charge on any atom is 0.303 e. The van der Waals surface area contributed by atoms with Gasteiger partial charge in [0.1, 0.15) is 0 Å². The summed E-state index contributed by atoms with van der Waals surface area (Å²) in [6.45, 7) is 1.20. The second-order valence-corrected chi connectivity index (χ2v) is 5.67. The molecule has 1 aliphatic rings. The third kappa shape index (κ3) is 2.84. The van der Waals surface area contributed by atoms with Crippen LogP contribution in [0.5, 0.6) is 0 Å². The van der Waals surface area contributed by atoms with Crippen LogP contribution in [0.25, 0.3) is 0 Å². The Hall–Kier alpha value is -1.92. The van der Waals surface area contributed by atoms with Crippen LogP contribution in [-0.4, -0.2) is 39.6 Å². The summed E-state index contributed by atoms with van der Waals surface area (Å²) in [7, 11) is 0. The van der Waals surface area contributed by atoms with Crippen LogP contribution in [0.2, 0.25) is 10.0 Å². The van der Waals surface area contributed by atoms with Crippen molar-refractivity contribution in [2.45, 2.75) is 25.8 Å². The molecule has 116 valence electrons. The van der Waals surface area contributed by atoms with Gasteiger partial charge in [-0.2, -0.15) is 0 Å². The third-order valence-electron chi connectivity index (χ3n) is 3.37. The number of amides is 2. The number of aliphatic carboxylic acids is 1. The van der Waals surface area contributed by atoms with Gasteiger partial charge in [-0.3, -0.25) is 24.1 Å². The van der Waals surface area contributed by atoms with Gasteiger partial charge in [-0.25, -0.2) is 0 Å². The van der Waals surface area contributed by atoms with Crippen LogP contribution in [0.1, 0.15) is 40.5 Å². The molecule has 1 aromatic carbocycles. The first kappa shape index (κ1) is 16.5. The van der Waals surface area contributed by atoms with Crippen molar-refractivity contribution in [1.29, 1.82) is 0 Å². The Morgan fingerprint density at radius 2 is 1.59 bits per heavy atom. The Morgan fingerprint density at radius 1 is 1.14 bits per heavy atom. The Morgan fingerprint density at radius 3 is 1.95 bits per heavy atom. The van der Waals surface area contributed by atoms with E-state index >= 15 is 0 Å². The molecule has 22 heavy (non-hydrogen) atoms.